The number of ether oxygens (including phenoxy) is 4. The van der Waals surface area contributed by atoms with Crippen molar-refractivity contribution in [3.63, 3.8) is 0 Å². The molecular weight excluding hydrogens is 571 g/mol. The molecule has 0 amide bonds. The number of nitrogens with zero attached hydrogens (tertiary/aromatic N) is 6. The van der Waals surface area contributed by atoms with Crippen LogP contribution in [0.2, 0.25) is 0 Å². The van der Waals surface area contributed by atoms with Crippen molar-refractivity contribution in [2.75, 3.05) is 40.0 Å². The number of likely N-dealkylation sites (N-methyl/N-ethyl adjacent to an activating group) is 1. The van der Waals surface area contributed by atoms with Gasteiger partial charge in [-0.2, -0.15) is 4.98 Å². The minimum absolute atomic E-state index is 0.166. The molecule has 5 aliphatic rings. The Labute approximate surface area is 254 Å². The fourth-order valence-corrected chi connectivity index (χ4v) is 8.77. The normalized spacial score (nSPS) is 31.0. The molecule has 3 aromatic heterocycles. The van der Waals surface area contributed by atoms with Crippen LogP contribution in [-0.4, -0.2) is 93.3 Å². The minimum atomic E-state index is -1.02. The maximum Gasteiger partial charge on any atom is 0.330 e. The van der Waals surface area contributed by atoms with E-state index >= 15 is 0 Å². The highest BCUT2D eigenvalue weighted by atomic mass is 19.1. The van der Waals surface area contributed by atoms with Crippen LogP contribution in [0.3, 0.4) is 0 Å². The summed E-state index contributed by atoms with van der Waals surface area (Å²) in [5.74, 6) is 0.318. The summed E-state index contributed by atoms with van der Waals surface area (Å²) >= 11 is 0. The molecular formula is C31H41FN6O6. The van der Waals surface area contributed by atoms with Crippen molar-refractivity contribution in [2.24, 2.45) is 7.05 Å². The number of hydrogen-bond acceptors (Lipinski definition) is 10. The van der Waals surface area contributed by atoms with Crippen LogP contribution < -0.4 is 10.4 Å². The van der Waals surface area contributed by atoms with Gasteiger partial charge in [-0.25, -0.2) is 14.2 Å². The Hall–Kier alpha value is -2.87. The number of hydrogen-bond donors (Lipinski definition) is 0. The van der Waals surface area contributed by atoms with Crippen LogP contribution in [0.5, 0.6) is 5.88 Å². The van der Waals surface area contributed by atoms with E-state index in [0.717, 1.165) is 56.2 Å². The van der Waals surface area contributed by atoms with Gasteiger partial charge in [0.2, 0.25) is 17.5 Å². The monoisotopic (exact) mass is 612 g/mol. The Morgan fingerprint density at radius 1 is 1.05 bits per heavy atom. The summed E-state index contributed by atoms with van der Waals surface area (Å²) in [6, 6.07) is -0.598. The minimum Gasteiger partial charge on any atom is -0.471 e. The van der Waals surface area contributed by atoms with E-state index in [0.29, 0.717) is 68.6 Å². The van der Waals surface area contributed by atoms with E-state index in [9.17, 15) is 9.18 Å². The number of alkyl halides is 1. The first kappa shape index (κ1) is 28.6. The van der Waals surface area contributed by atoms with E-state index in [1.165, 1.54) is 4.57 Å². The van der Waals surface area contributed by atoms with E-state index in [-0.39, 0.29) is 17.6 Å². The molecule has 1 saturated carbocycles. The molecule has 0 N–H and O–H groups in total. The predicted octanol–water partition coefficient (Wildman–Crippen LogP) is 3.45. The summed E-state index contributed by atoms with van der Waals surface area (Å²) in [5.41, 5.74) is 2.14. The standard InChI is InChI=1S/C31H41FN6O6/c1-18(22-21(32)8-13-36(22)2)43-28-23-27(38(29(39)37(23)3)19-9-14-40-17-19)33-26(34-28)24-20-7-6-11-30(25(20)35-44-24)10-4-5-12-31(30)41-15-16-42-31/h18-19,21-22H,4-17H2,1-3H3/t18-,19+,21-,22+,30-/m0/s1. The Morgan fingerprint density at radius 3 is 2.59 bits per heavy atom. The fourth-order valence-electron chi connectivity index (χ4n) is 8.77. The van der Waals surface area contributed by atoms with Crippen molar-refractivity contribution in [1.29, 1.82) is 0 Å². The molecule has 13 heteroatoms. The van der Waals surface area contributed by atoms with E-state index in [4.69, 9.17) is 38.6 Å². The van der Waals surface area contributed by atoms with Crippen molar-refractivity contribution in [3.05, 3.63) is 21.7 Å². The summed E-state index contributed by atoms with van der Waals surface area (Å²) in [5, 5.41) is 4.70. The molecule has 3 saturated heterocycles. The number of rotatable bonds is 5. The molecule has 0 unspecified atom stereocenters. The molecule has 0 radical (unpaired) electrons. The van der Waals surface area contributed by atoms with E-state index in [1.54, 1.807) is 11.6 Å². The van der Waals surface area contributed by atoms with E-state index < -0.39 is 29.5 Å². The molecule has 8 rings (SSSR count). The maximum absolute atomic E-state index is 15.0. The molecule has 2 spiro atoms. The maximum atomic E-state index is 15.0. The van der Waals surface area contributed by atoms with Gasteiger partial charge in [0.1, 0.15) is 12.3 Å². The molecule has 4 fully saturated rings. The smallest absolute Gasteiger partial charge is 0.330 e. The topological polar surface area (TPSA) is 119 Å². The lowest BCUT2D eigenvalue weighted by Crippen LogP contribution is -2.56. The second kappa shape index (κ2) is 10.6. The quantitative estimate of drug-likeness (QED) is 0.424. The number of fused-ring (bicyclic) bond motifs is 4. The van der Waals surface area contributed by atoms with Gasteiger partial charge in [0, 0.05) is 32.2 Å². The molecule has 238 valence electrons. The number of halogens is 1. The Balaban J connectivity index is 1.28. The molecule has 2 aliphatic carbocycles. The van der Waals surface area contributed by atoms with E-state index in [1.807, 2.05) is 18.9 Å². The Bertz CT molecular complexity index is 1610. The van der Waals surface area contributed by atoms with Crippen molar-refractivity contribution < 1.29 is 27.9 Å². The summed E-state index contributed by atoms with van der Waals surface area (Å²) < 4.78 is 49.2. The molecule has 12 nitrogen and oxygen atoms in total. The average Bonchev–Trinajstić information content (AvgIpc) is 3.85. The van der Waals surface area contributed by atoms with Gasteiger partial charge >= 0.3 is 5.69 Å². The second-order valence-electron chi connectivity index (χ2n) is 13.3. The van der Waals surface area contributed by atoms with Gasteiger partial charge in [0.05, 0.1) is 43.0 Å². The molecule has 6 heterocycles. The third-order valence-corrected chi connectivity index (χ3v) is 10.9. The lowest BCUT2D eigenvalue weighted by molar-refractivity contribution is -0.231. The lowest BCUT2D eigenvalue weighted by Gasteiger charge is -2.50. The highest BCUT2D eigenvalue weighted by Gasteiger charge is 2.61. The third kappa shape index (κ3) is 4.08. The Kier molecular flexibility index (Phi) is 6.89. The molecule has 3 aromatic rings. The number of imidazole rings is 1. The summed E-state index contributed by atoms with van der Waals surface area (Å²) in [4.78, 5) is 25.5. The van der Waals surface area contributed by atoms with Gasteiger partial charge in [0.25, 0.3) is 0 Å². The first-order valence-corrected chi connectivity index (χ1v) is 16.2. The first-order chi connectivity index (χ1) is 21.3. The second-order valence-corrected chi connectivity index (χ2v) is 13.3. The third-order valence-electron chi connectivity index (χ3n) is 10.9. The van der Waals surface area contributed by atoms with Crippen molar-refractivity contribution >= 4 is 11.2 Å². The molecule has 0 aromatic carbocycles. The van der Waals surface area contributed by atoms with Gasteiger partial charge < -0.3 is 23.5 Å². The molecule has 0 bridgehead atoms. The van der Waals surface area contributed by atoms with Gasteiger partial charge in [0.15, 0.2) is 17.0 Å². The SMILES string of the molecule is C[C@H](Oc1nc(-c2onc3c2CCC[C@@]32CCCCC23OCCO3)nc2c1n(C)c(=O)n2[C@@H]1CCOC1)[C@@H]1[C@@H](F)CCN1C. The van der Waals surface area contributed by atoms with Crippen LogP contribution in [0.15, 0.2) is 9.32 Å². The van der Waals surface area contributed by atoms with Crippen LogP contribution in [0, 0.1) is 0 Å². The van der Waals surface area contributed by atoms with Crippen LogP contribution in [0.25, 0.3) is 22.7 Å². The van der Waals surface area contributed by atoms with Gasteiger partial charge in [-0.05, 0) is 58.9 Å². The molecule has 3 aliphatic heterocycles. The van der Waals surface area contributed by atoms with Gasteiger partial charge in [-0.3, -0.25) is 14.0 Å². The molecule has 5 atom stereocenters. The van der Waals surface area contributed by atoms with Crippen LogP contribution >= 0.6 is 0 Å². The summed E-state index contributed by atoms with van der Waals surface area (Å²) in [6.45, 7) is 4.66. The van der Waals surface area contributed by atoms with Crippen LogP contribution in [0.1, 0.15) is 75.6 Å². The van der Waals surface area contributed by atoms with Gasteiger partial charge in [-0.15, -0.1) is 0 Å². The highest BCUT2D eigenvalue weighted by molar-refractivity contribution is 5.80. The zero-order valence-corrected chi connectivity index (χ0v) is 25.7. The van der Waals surface area contributed by atoms with Crippen molar-refractivity contribution in [3.8, 4) is 17.5 Å². The van der Waals surface area contributed by atoms with Gasteiger partial charge in [-0.1, -0.05) is 11.6 Å². The number of aryl methyl sites for hydroxylation is 1. The van der Waals surface area contributed by atoms with Crippen LogP contribution in [-0.2, 0) is 33.1 Å². The van der Waals surface area contributed by atoms with E-state index in [2.05, 4.69) is 0 Å². The zero-order chi connectivity index (χ0) is 30.2. The Morgan fingerprint density at radius 2 is 1.84 bits per heavy atom. The lowest BCUT2D eigenvalue weighted by atomic mass is 9.61. The largest absolute Gasteiger partial charge is 0.471 e. The molecule has 44 heavy (non-hydrogen) atoms. The van der Waals surface area contributed by atoms with Crippen molar-refractivity contribution in [2.45, 2.75) is 100 Å². The number of likely N-dealkylation sites (tertiary alicyclic amines) is 1. The predicted molar refractivity (Wildman–Crippen MR) is 156 cm³/mol. The van der Waals surface area contributed by atoms with Crippen LogP contribution in [0.4, 0.5) is 4.39 Å². The number of aromatic nitrogens is 5. The first-order valence-electron chi connectivity index (χ1n) is 16.2. The average molecular weight is 613 g/mol. The zero-order valence-electron chi connectivity index (χ0n) is 25.7. The fraction of sp³-hybridized carbons (Fsp3) is 0.742. The summed E-state index contributed by atoms with van der Waals surface area (Å²) in [7, 11) is 3.60. The highest BCUT2D eigenvalue weighted by Crippen LogP contribution is 2.57. The van der Waals surface area contributed by atoms with Crippen molar-refractivity contribution in [1.82, 2.24) is 29.2 Å². The summed E-state index contributed by atoms with van der Waals surface area (Å²) in [6.07, 6.45) is 6.07.